The summed E-state index contributed by atoms with van der Waals surface area (Å²) in [6, 6.07) is 5.55. The van der Waals surface area contributed by atoms with Crippen molar-refractivity contribution in [3.63, 3.8) is 0 Å². The normalized spacial score (nSPS) is 12.1. The summed E-state index contributed by atoms with van der Waals surface area (Å²) < 4.78 is 12.7. The lowest BCUT2D eigenvalue weighted by Crippen LogP contribution is -2.22. The molecule has 1 heterocycles. The number of rotatable bonds is 4. The zero-order valence-electron chi connectivity index (χ0n) is 10.1. The van der Waals surface area contributed by atoms with Crippen molar-refractivity contribution in [3.8, 4) is 0 Å². The van der Waals surface area contributed by atoms with Crippen molar-refractivity contribution < 1.29 is 9.18 Å². The quantitative estimate of drug-likeness (QED) is 0.740. The molecule has 2 rings (SSSR count). The van der Waals surface area contributed by atoms with Gasteiger partial charge in [-0.05, 0) is 31.2 Å². The Labute approximate surface area is 113 Å². The number of carbonyl (C=O) groups excluding carboxylic acids is 1. The number of nitrogens with zero attached hydrogens (tertiary/aromatic N) is 2. The molecule has 0 saturated carbocycles. The van der Waals surface area contributed by atoms with Gasteiger partial charge >= 0.3 is 0 Å². The zero-order valence-corrected chi connectivity index (χ0v) is 10.9. The van der Waals surface area contributed by atoms with Crippen molar-refractivity contribution in [3.05, 3.63) is 30.1 Å². The molecular weight excluding hydrogens is 269 g/mol. The van der Waals surface area contributed by atoms with E-state index in [-0.39, 0.29) is 17.7 Å². The summed E-state index contributed by atoms with van der Waals surface area (Å²) in [5, 5.41) is 8.99. The highest BCUT2D eigenvalue weighted by Gasteiger charge is 2.16. The highest BCUT2D eigenvalue weighted by atomic mass is 32.2. The van der Waals surface area contributed by atoms with Crippen molar-refractivity contribution in [2.24, 2.45) is 0 Å². The van der Waals surface area contributed by atoms with Crippen LogP contribution in [0.15, 0.2) is 29.4 Å². The largest absolute Gasteiger partial charge is 0.368 e. The molecule has 1 aromatic heterocycles. The summed E-state index contributed by atoms with van der Waals surface area (Å²) in [5.41, 5.74) is 5.93. The van der Waals surface area contributed by atoms with Gasteiger partial charge in [0.25, 0.3) is 0 Å². The maximum atomic E-state index is 12.7. The number of thioether (sulfide) groups is 1. The fraction of sp³-hybridized carbons (Fsp3) is 0.182. The second kappa shape index (κ2) is 5.70. The molecule has 6 nitrogen and oxygen atoms in total. The van der Waals surface area contributed by atoms with Gasteiger partial charge in [-0.2, -0.15) is 4.98 Å². The van der Waals surface area contributed by atoms with Gasteiger partial charge in [-0.3, -0.25) is 4.79 Å². The minimum atomic E-state index is -0.403. The van der Waals surface area contributed by atoms with Crippen molar-refractivity contribution in [2.45, 2.75) is 17.3 Å². The van der Waals surface area contributed by atoms with Crippen molar-refractivity contribution in [2.75, 3.05) is 11.1 Å². The summed E-state index contributed by atoms with van der Waals surface area (Å²) >= 11 is 1.18. The average Bonchev–Trinajstić information content (AvgIpc) is 2.77. The van der Waals surface area contributed by atoms with Crippen LogP contribution in [0, 0.1) is 5.82 Å². The summed E-state index contributed by atoms with van der Waals surface area (Å²) in [7, 11) is 0. The summed E-state index contributed by atoms with van der Waals surface area (Å²) in [6.45, 7) is 1.72. The topological polar surface area (TPSA) is 96.7 Å². The third-order valence-electron chi connectivity index (χ3n) is 2.25. The Morgan fingerprint density at radius 1 is 1.47 bits per heavy atom. The van der Waals surface area contributed by atoms with E-state index in [2.05, 4.69) is 20.5 Å². The smallest absolute Gasteiger partial charge is 0.237 e. The van der Waals surface area contributed by atoms with Crippen LogP contribution >= 0.6 is 11.8 Å². The molecule has 8 heteroatoms. The number of hydrogen-bond donors (Lipinski definition) is 3. The predicted molar refractivity (Wildman–Crippen MR) is 71.1 cm³/mol. The Hall–Kier alpha value is -2.09. The van der Waals surface area contributed by atoms with E-state index in [0.29, 0.717) is 10.8 Å². The van der Waals surface area contributed by atoms with Crippen LogP contribution in [0.2, 0.25) is 0 Å². The Kier molecular flexibility index (Phi) is 4.00. The summed E-state index contributed by atoms with van der Waals surface area (Å²) in [4.78, 5) is 15.8. The van der Waals surface area contributed by atoms with Crippen molar-refractivity contribution in [1.82, 2.24) is 15.2 Å². The standard InChI is InChI=1S/C11H12FN5OS/c1-6(19-11-15-10(13)16-17-11)9(18)14-8-4-2-7(12)3-5-8/h2-6H,1H3,(H,14,18)(H3,13,15,16,17)/t6-/m0/s1. The van der Waals surface area contributed by atoms with Crippen molar-refractivity contribution >= 4 is 29.3 Å². The molecule has 1 aromatic carbocycles. The fourth-order valence-electron chi connectivity index (χ4n) is 1.30. The SMILES string of the molecule is C[C@H](Sc1n[nH]c(N)n1)C(=O)Nc1ccc(F)cc1. The fourth-order valence-corrected chi connectivity index (χ4v) is 2.03. The van der Waals surface area contributed by atoms with Gasteiger partial charge in [-0.15, -0.1) is 5.10 Å². The molecule has 0 spiro atoms. The maximum Gasteiger partial charge on any atom is 0.237 e. The van der Waals surface area contributed by atoms with Gasteiger partial charge in [0, 0.05) is 5.69 Å². The van der Waals surface area contributed by atoms with Crippen LogP contribution in [0.1, 0.15) is 6.92 Å². The van der Waals surface area contributed by atoms with E-state index in [9.17, 15) is 9.18 Å². The number of nitrogens with one attached hydrogen (secondary N) is 2. The number of nitrogen functional groups attached to an aromatic ring is 1. The van der Waals surface area contributed by atoms with Gasteiger partial charge in [0.15, 0.2) is 0 Å². The minimum Gasteiger partial charge on any atom is -0.368 e. The van der Waals surface area contributed by atoms with Gasteiger partial charge in [-0.1, -0.05) is 11.8 Å². The van der Waals surface area contributed by atoms with E-state index in [4.69, 9.17) is 5.73 Å². The molecule has 4 N–H and O–H groups in total. The van der Waals surface area contributed by atoms with Gasteiger partial charge in [0.05, 0.1) is 5.25 Å². The predicted octanol–water partition coefficient (Wildman–Crippen LogP) is 1.65. The molecule has 1 amide bonds. The van der Waals surface area contributed by atoms with Crippen LogP contribution in [0.25, 0.3) is 0 Å². The Morgan fingerprint density at radius 2 is 2.16 bits per heavy atom. The minimum absolute atomic E-state index is 0.202. The number of H-pyrrole nitrogens is 1. The molecule has 0 aliphatic rings. The number of amides is 1. The van der Waals surface area contributed by atoms with Gasteiger partial charge in [0.1, 0.15) is 5.82 Å². The van der Waals surface area contributed by atoms with Crippen LogP contribution in [-0.2, 0) is 4.79 Å². The summed E-state index contributed by atoms with van der Waals surface area (Å²) in [5.74, 6) is -0.370. The lowest BCUT2D eigenvalue weighted by Gasteiger charge is -2.09. The molecule has 0 bridgehead atoms. The molecule has 0 radical (unpaired) electrons. The second-order valence-corrected chi connectivity index (χ2v) is 5.07. The van der Waals surface area contributed by atoms with E-state index in [1.54, 1.807) is 6.92 Å². The number of hydrogen-bond acceptors (Lipinski definition) is 5. The highest BCUT2D eigenvalue weighted by Crippen LogP contribution is 2.20. The number of benzene rings is 1. The van der Waals surface area contributed by atoms with Crippen LogP contribution in [0.4, 0.5) is 16.0 Å². The molecule has 0 saturated heterocycles. The molecule has 100 valence electrons. The first kappa shape index (κ1) is 13.3. The molecule has 0 aliphatic carbocycles. The lowest BCUT2D eigenvalue weighted by molar-refractivity contribution is -0.115. The van der Waals surface area contributed by atoms with E-state index in [1.165, 1.54) is 36.0 Å². The Bertz CT molecular complexity index is 571. The number of halogens is 1. The van der Waals surface area contributed by atoms with E-state index >= 15 is 0 Å². The zero-order chi connectivity index (χ0) is 13.8. The van der Waals surface area contributed by atoms with E-state index < -0.39 is 5.25 Å². The maximum absolute atomic E-state index is 12.7. The van der Waals surface area contributed by atoms with Gasteiger partial charge < -0.3 is 11.1 Å². The monoisotopic (exact) mass is 281 g/mol. The first-order valence-corrected chi connectivity index (χ1v) is 6.33. The number of carbonyl (C=O) groups is 1. The molecule has 0 aliphatic heterocycles. The van der Waals surface area contributed by atoms with Crippen LogP contribution in [-0.4, -0.2) is 26.3 Å². The number of aromatic amines is 1. The van der Waals surface area contributed by atoms with Crippen molar-refractivity contribution in [1.29, 1.82) is 0 Å². The molecular formula is C11H12FN5OS. The van der Waals surface area contributed by atoms with Gasteiger partial charge in [0.2, 0.25) is 17.0 Å². The van der Waals surface area contributed by atoms with Crippen LogP contribution in [0.3, 0.4) is 0 Å². The lowest BCUT2D eigenvalue weighted by atomic mass is 10.3. The third kappa shape index (κ3) is 3.68. The average molecular weight is 281 g/mol. The van der Waals surface area contributed by atoms with E-state index in [0.717, 1.165) is 0 Å². The first-order chi connectivity index (χ1) is 9.04. The highest BCUT2D eigenvalue weighted by molar-refractivity contribution is 8.00. The number of aromatic nitrogens is 3. The number of nitrogens with two attached hydrogens (primary N) is 1. The molecule has 1 atom stereocenters. The van der Waals surface area contributed by atoms with Gasteiger partial charge in [-0.25, -0.2) is 9.49 Å². The molecule has 2 aromatic rings. The Balaban J connectivity index is 1.94. The van der Waals surface area contributed by atoms with Crippen LogP contribution < -0.4 is 11.1 Å². The third-order valence-corrected chi connectivity index (χ3v) is 3.21. The summed E-state index contributed by atoms with van der Waals surface area (Å²) in [6.07, 6.45) is 0. The number of anilines is 2. The molecule has 0 unspecified atom stereocenters. The van der Waals surface area contributed by atoms with Crippen LogP contribution in [0.5, 0.6) is 0 Å². The molecule has 19 heavy (non-hydrogen) atoms. The van der Waals surface area contributed by atoms with E-state index in [1.807, 2.05) is 0 Å². The molecule has 0 fully saturated rings. The first-order valence-electron chi connectivity index (χ1n) is 5.45. The second-order valence-electron chi connectivity index (χ2n) is 3.76. The Morgan fingerprint density at radius 3 is 2.74 bits per heavy atom.